The van der Waals surface area contributed by atoms with Crippen molar-refractivity contribution < 1.29 is 13.2 Å². The zero-order chi connectivity index (χ0) is 20.5. The smallest absolute Gasteiger partial charge is 0.229 e. The van der Waals surface area contributed by atoms with Gasteiger partial charge in [-0.15, -0.1) is 0 Å². The van der Waals surface area contributed by atoms with E-state index in [1.807, 2.05) is 24.6 Å². The molecule has 2 heterocycles. The van der Waals surface area contributed by atoms with Crippen LogP contribution in [0.15, 0.2) is 48.7 Å². The maximum Gasteiger partial charge on any atom is 0.229 e. The first-order chi connectivity index (χ1) is 13.1. The summed E-state index contributed by atoms with van der Waals surface area (Å²) in [6.07, 6.45) is 3.09. The number of nitrogens with zero attached hydrogens (tertiary/aromatic N) is 2. The molecule has 0 atom stereocenters. The van der Waals surface area contributed by atoms with Crippen molar-refractivity contribution in [3.05, 3.63) is 81.9 Å². The van der Waals surface area contributed by atoms with Gasteiger partial charge in [-0.05, 0) is 55.0 Å². The molecule has 2 aromatic heterocycles. The van der Waals surface area contributed by atoms with E-state index in [2.05, 4.69) is 9.71 Å². The average Bonchev–Trinajstić information content (AvgIpc) is 2.89. The third kappa shape index (κ3) is 4.61. The van der Waals surface area contributed by atoms with Crippen LogP contribution in [0, 0.1) is 6.92 Å². The van der Waals surface area contributed by atoms with Gasteiger partial charge in [0.05, 0.1) is 23.8 Å². The Kier molecular flexibility index (Phi) is 5.58. The molecular weight excluding hydrogens is 398 g/mol. The maximum absolute atomic E-state index is 12.9. The fourth-order valence-corrected chi connectivity index (χ4v) is 3.73. The summed E-state index contributed by atoms with van der Waals surface area (Å²) in [5.74, 6) is -0.0661. The molecule has 146 valence electrons. The first-order valence-electron chi connectivity index (χ1n) is 8.52. The summed E-state index contributed by atoms with van der Waals surface area (Å²) in [7, 11) is -1.48. The molecule has 6 nitrogen and oxygen atoms in total. The minimum Gasteiger partial charge on any atom is -0.344 e. The van der Waals surface area contributed by atoms with Gasteiger partial charge in [0.1, 0.15) is 0 Å². The van der Waals surface area contributed by atoms with Crippen LogP contribution in [-0.2, 0) is 23.5 Å². The lowest BCUT2D eigenvalue weighted by Crippen LogP contribution is -2.11. The molecule has 0 bridgehead atoms. The highest BCUT2D eigenvalue weighted by atomic mass is 35.5. The molecule has 0 unspecified atom stereocenters. The lowest BCUT2D eigenvalue weighted by atomic mass is 10.1. The number of pyridine rings is 1. The third-order valence-corrected chi connectivity index (χ3v) is 5.19. The van der Waals surface area contributed by atoms with E-state index in [0.717, 1.165) is 23.2 Å². The Labute approximate surface area is 169 Å². The summed E-state index contributed by atoms with van der Waals surface area (Å²) < 4.78 is 26.8. The number of rotatable bonds is 6. The molecule has 0 radical (unpaired) electrons. The Balaban J connectivity index is 1.84. The molecule has 0 amide bonds. The largest absolute Gasteiger partial charge is 0.344 e. The van der Waals surface area contributed by atoms with Crippen LogP contribution < -0.4 is 4.72 Å². The lowest BCUT2D eigenvalue weighted by Gasteiger charge is -2.09. The summed E-state index contributed by atoms with van der Waals surface area (Å²) in [6.45, 7) is 1.90. The fourth-order valence-electron chi connectivity index (χ4n) is 3.05. The number of anilines is 1. The molecule has 0 saturated carbocycles. The van der Waals surface area contributed by atoms with Crippen molar-refractivity contribution in [1.82, 2.24) is 9.55 Å². The molecule has 0 aliphatic rings. The molecule has 0 saturated heterocycles. The molecule has 1 N–H and O–H groups in total. The van der Waals surface area contributed by atoms with Crippen molar-refractivity contribution in [3.63, 3.8) is 0 Å². The van der Waals surface area contributed by atoms with Crippen LogP contribution in [0.1, 0.15) is 33.0 Å². The number of halogens is 1. The van der Waals surface area contributed by atoms with Crippen LogP contribution in [-0.4, -0.2) is 30.0 Å². The minimum atomic E-state index is -3.34. The van der Waals surface area contributed by atoms with E-state index in [1.54, 1.807) is 36.4 Å². The number of carbonyl (C=O) groups is 1. The number of hydrogen-bond donors (Lipinski definition) is 1. The fraction of sp³-hybridized carbons (Fsp3) is 0.200. The molecule has 0 spiro atoms. The van der Waals surface area contributed by atoms with Crippen LogP contribution in [0.2, 0.25) is 5.02 Å². The number of aryl methyl sites for hydroxylation is 1. The van der Waals surface area contributed by atoms with Gasteiger partial charge in [0, 0.05) is 35.4 Å². The normalized spacial score (nSPS) is 11.4. The van der Waals surface area contributed by atoms with Crippen molar-refractivity contribution in [2.24, 2.45) is 7.05 Å². The Bertz CT molecular complexity index is 1120. The van der Waals surface area contributed by atoms with Gasteiger partial charge in [0.2, 0.25) is 15.8 Å². The Hall–Kier alpha value is -2.64. The molecule has 1 aromatic carbocycles. The van der Waals surface area contributed by atoms with E-state index in [-0.39, 0.29) is 5.78 Å². The number of sulfonamides is 1. The summed E-state index contributed by atoms with van der Waals surface area (Å²) in [5, 5.41) is 0.584. The number of carbonyl (C=O) groups excluding carboxylic acids is 1. The predicted octanol–water partition coefficient (Wildman–Crippen LogP) is 3.58. The van der Waals surface area contributed by atoms with Gasteiger partial charge in [0.25, 0.3) is 0 Å². The van der Waals surface area contributed by atoms with Crippen LogP contribution in [0.25, 0.3) is 0 Å². The zero-order valence-electron chi connectivity index (χ0n) is 15.7. The molecule has 3 aromatic rings. The van der Waals surface area contributed by atoms with Crippen molar-refractivity contribution >= 4 is 33.1 Å². The van der Waals surface area contributed by atoms with Crippen LogP contribution >= 0.6 is 11.6 Å². The highest BCUT2D eigenvalue weighted by molar-refractivity contribution is 7.92. The van der Waals surface area contributed by atoms with E-state index >= 15 is 0 Å². The van der Waals surface area contributed by atoms with Gasteiger partial charge in [-0.1, -0.05) is 11.6 Å². The third-order valence-electron chi connectivity index (χ3n) is 4.33. The van der Waals surface area contributed by atoms with E-state index < -0.39 is 10.0 Å². The second-order valence-electron chi connectivity index (χ2n) is 6.65. The lowest BCUT2D eigenvalue weighted by molar-refractivity contribution is 0.103. The standard InChI is InChI=1S/C20H20ClN3O3S/c1-13-10-18(11-16-8-9-17(12-22-16)23-28(3,26)27)24(2)19(13)20(25)14-4-6-15(21)7-5-14/h4-10,12,23H,11H2,1-3H3. The SMILES string of the molecule is Cc1cc(Cc2ccc(NS(C)(=O)=O)cn2)n(C)c1C(=O)c1ccc(Cl)cc1. The molecule has 0 aliphatic heterocycles. The second kappa shape index (κ2) is 7.77. The zero-order valence-corrected chi connectivity index (χ0v) is 17.3. The summed E-state index contributed by atoms with van der Waals surface area (Å²) in [4.78, 5) is 17.2. The summed E-state index contributed by atoms with van der Waals surface area (Å²) in [6, 6.07) is 12.2. The van der Waals surface area contributed by atoms with E-state index in [0.29, 0.717) is 28.4 Å². The van der Waals surface area contributed by atoms with Crippen molar-refractivity contribution in [1.29, 1.82) is 0 Å². The Morgan fingerprint density at radius 2 is 1.86 bits per heavy atom. The molecule has 0 aliphatic carbocycles. The predicted molar refractivity (Wildman–Crippen MR) is 111 cm³/mol. The van der Waals surface area contributed by atoms with E-state index in [1.165, 1.54) is 6.20 Å². The number of benzene rings is 1. The van der Waals surface area contributed by atoms with Gasteiger partial charge in [-0.3, -0.25) is 14.5 Å². The summed E-state index contributed by atoms with van der Waals surface area (Å²) >= 11 is 5.90. The van der Waals surface area contributed by atoms with Gasteiger partial charge >= 0.3 is 0 Å². The summed E-state index contributed by atoms with van der Waals surface area (Å²) in [5.41, 5.74) is 4.19. The van der Waals surface area contributed by atoms with Gasteiger partial charge < -0.3 is 4.57 Å². The van der Waals surface area contributed by atoms with Crippen molar-refractivity contribution in [2.45, 2.75) is 13.3 Å². The second-order valence-corrected chi connectivity index (χ2v) is 8.84. The van der Waals surface area contributed by atoms with Crippen LogP contribution in [0.5, 0.6) is 0 Å². The van der Waals surface area contributed by atoms with E-state index in [4.69, 9.17) is 11.6 Å². The van der Waals surface area contributed by atoms with Gasteiger partial charge in [-0.25, -0.2) is 8.42 Å². The Morgan fingerprint density at radius 1 is 1.18 bits per heavy atom. The monoisotopic (exact) mass is 417 g/mol. The topological polar surface area (TPSA) is 81.1 Å². The highest BCUT2D eigenvalue weighted by Gasteiger charge is 2.19. The first-order valence-corrected chi connectivity index (χ1v) is 10.8. The molecular formula is C20H20ClN3O3S. The van der Waals surface area contributed by atoms with Crippen LogP contribution in [0.4, 0.5) is 5.69 Å². The highest BCUT2D eigenvalue weighted by Crippen LogP contribution is 2.21. The van der Waals surface area contributed by atoms with Crippen molar-refractivity contribution in [3.8, 4) is 0 Å². The molecule has 8 heteroatoms. The number of aromatic nitrogens is 2. The molecule has 3 rings (SSSR count). The minimum absolute atomic E-state index is 0.0661. The molecule has 28 heavy (non-hydrogen) atoms. The van der Waals surface area contributed by atoms with Gasteiger partial charge in [0.15, 0.2) is 0 Å². The maximum atomic E-state index is 12.9. The number of nitrogens with one attached hydrogen (secondary N) is 1. The first kappa shape index (κ1) is 20.1. The molecule has 0 fully saturated rings. The van der Waals surface area contributed by atoms with Crippen LogP contribution in [0.3, 0.4) is 0 Å². The number of ketones is 1. The average molecular weight is 418 g/mol. The van der Waals surface area contributed by atoms with Gasteiger partial charge in [-0.2, -0.15) is 0 Å². The van der Waals surface area contributed by atoms with E-state index in [9.17, 15) is 13.2 Å². The van der Waals surface area contributed by atoms with Crippen molar-refractivity contribution in [2.75, 3.05) is 11.0 Å². The number of hydrogen-bond acceptors (Lipinski definition) is 4. The Morgan fingerprint density at radius 3 is 2.43 bits per heavy atom. The quantitative estimate of drug-likeness (QED) is 0.621.